The minimum Gasteiger partial charge on any atom is -0.497 e. The number of nitrogens with two attached hydrogens (primary N) is 1. The van der Waals surface area contributed by atoms with Gasteiger partial charge in [0.2, 0.25) is 10.0 Å². The van der Waals surface area contributed by atoms with Gasteiger partial charge in [0, 0.05) is 36.3 Å². The first-order chi connectivity index (χ1) is 12.8. The van der Waals surface area contributed by atoms with Crippen molar-refractivity contribution in [1.29, 1.82) is 0 Å². The summed E-state index contributed by atoms with van der Waals surface area (Å²) in [6.07, 6.45) is 0.714. The molecule has 0 unspecified atom stereocenters. The van der Waals surface area contributed by atoms with Crippen LogP contribution in [0.25, 0.3) is 11.0 Å². The summed E-state index contributed by atoms with van der Waals surface area (Å²) < 4.78 is 33.6. The molecular formula is C19H18N2O5S. The quantitative estimate of drug-likeness (QED) is 0.688. The van der Waals surface area contributed by atoms with Crippen LogP contribution in [-0.2, 0) is 23.0 Å². The van der Waals surface area contributed by atoms with Crippen LogP contribution in [0.15, 0.2) is 56.6 Å². The van der Waals surface area contributed by atoms with Crippen molar-refractivity contribution in [3.05, 3.63) is 64.0 Å². The van der Waals surface area contributed by atoms with E-state index in [4.69, 9.17) is 14.3 Å². The Kier molecular flexibility index (Phi) is 4.16. The van der Waals surface area contributed by atoms with E-state index >= 15 is 0 Å². The van der Waals surface area contributed by atoms with Crippen LogP contribution in [0.4, 0.5) is 5.69 Å². The molecule has 7 nitrogen and oxygen atoms in total. The number of methoxy groups -OCH3 is 1. The zero-order valence-electron chi connectivity index (χ0n) is 14.6. The fourth-order valence-corrected chi connectivity index (χ4v) is 4.03. The van der Waals surface area contributed by atoms with Crippen LogP contribution in [0.3, 0.4) is 0 Å². The molecule has 0 fully saturated rings. The van der Waals surface area contributed by atoms with E-state index < -0.39 is 15.6 Å². The summed E-state index contributed by atoms with van der Waals surface area (Å²) in [5, 5.41) is 6.05. The molecule has 0 saturated carbocycles. The van der Waals surface area contributed by atoms with Crippen molar-refractivity contribution in [3.63, 3.8) is 0 Å². The lowest BCUT2D eigenvalue weighted by atomic mass is 10.1. The minimum atomic E-state index is -3.73. The third kappa shape index (κ3) is 3.29. The van der Waals surface area contributed by atoms with Gasteiger partial charge in [0.15, 0.2) is 0 Å². The van der Waals surface area contributed by atoms with Crippen LogP contribution in [-0.4, -0.2) is 22.1 Å². The molecule has 0 saturated heterocycles. The summed E-state index contributed by atoms with van der Waals surface area (Å²) in [5.74, 6) is 0.616. The number of benzene rings is 2. The Balaban J connectivity index is 1.72. The number of rotatable bonds is 4. The van der Waals surface area contributed by atoms with Gasteiger partial charge in [-0.15, -0.1) is 0 Å². The molecule has 1 aliphatic heterocycles. The Labute approximate surface area is 156 Å². The number of anilines is 1. The van der Waals surface area contributed by atoms with Crippen molar-refractivity contribution >= 4 is 26.7 Å². The molecule has 0 radical (unpaired) electrons. The number of primary sulfonamides is 1. The van der Waals surface area contributed by atoms with E-state index in [1.54, 1.807) is 25.3 Å². The molecule has 4 rings (SSSR count). The van der Waals surface area contributed by atoms with Gasteiger partial charge >= 0.3 is 5.63 Å². The third-order valence-electron chi connectivity index (χ3n) is 4.77. The molecule has 0 atom stereocenters. The van der Waals surface area contributed by atoms with Crippen molar-refractivity contribution in [2.24, 2.45) is 5.14 Å². The van der Waals surface area contributed by atoms with Crippen LogP contribution in [0.1, 0.15) is 11.1 Å². The zero-order valence-corrected chi connectivity index (χ0v) is 15.5. The fourth-order valence-electron chi connectivity index (χ4n) is 3.46. The highest BCUT2D eigenvalue weighted by atomic mass is 32.2. The van der Waals surface area contributed by atoms with Gasteiger partial charge in [-0.25, -0.2) is 18.4 Å². The summed E-state index contributed by atoms with van der Waals surface area (Å²) in [6, 6.07) is 11.8. The number of fused-ring (bicyclic) bond motifs is 2. The van der Waals surface area contributed by atoms with Crippen molar-refractivity contribution in [1.82, 2.24) is 0 Å². The first-order valence-corrected chi connectivity index (χ1v) is 9.91. The molecule has 2 aromatic carbocycles. The van der Waals surface area contributed by atoms with Gasteiger partial charge in [0.05, 0.1) is 12.0 Å². The molecule has 0 bridgehead atoms. The molecule has 27 heavy (non-hydrogen) atoms. The van der Waals surface area contributed by atoms with Crippen molar-refractivity contribution < 1.29 is 17.6 Å². The Morgan fingerprint density at radius 1 is 1.19 bits per heavy atom. The monoisotopic (exact) mass is 386 g/mol. The molecule has 1 aromatic heterocycles. The van der Waals surface area contributed by atoms with Crippen LogP contribution in [0.5, 0.6) is 5.75 Å². The Hall–Kier alpha value is -2.84. The van der Waals surface area contributed by atoms with E-state index in [0.29, 0.717) is 24.3 Å². The smallest absolute Gasteiger partial charge is 0.336 e. The number of ether oxygens (including phenoxy) is 1. The predicted octanol–water partition coefficient (Wildman–Crippen LogP) is 2.01. The molecule has 2 heterocycles. The Morgan fingerprint density at radius 3 is 2.74 bits per heavy atom. The molecule has 0 aliphatic carbocycles. The normalized spacial score (nSPS) is 13.8. The van der Waals surface area contributed by atoms with E-state index in [0.717, 1.165) is 28.7 Å². The van der Waals surface area contributed by atoms with E-state index in [1.165, 1.54) is 12.1 Å². The molecule has 0 amide bonds. The zero-order chi connectivity index (χ0) is 19.2. The fraction of sp³-hybridized carbons (Fsp3) is 0.211. The second kappa shape index (κ2) is 6.40. The van der Waals surface area contributed by atoms with Crippen LogP contribution in [0.2, 0.25) is 0 Å². The second-order valence-corrected chi connectivity index (χ2v) is 8.02. The minimum absolute atomic E-state index is 0.112. The first kappa shape index (κ1) is 17.6. The van der Waals surface area contributed by atoms with Gasteiger partial charge < -0.3 is 14.1 Å². The van der Waals surface area contributed by atoms with Gasteiger partial charge in [-0.1, -0.05) is 0 Å². The van der Waals surface area contributed by atoms with E-state index in [-0.39, 0.29) is 4.90 Å². The molecule has 140 valence electrons. The third-order valence-corrected chi connectivity index (χ3v) is 5.68. The van der Waals surface area contributed by atoms with Gasteiger partial charge in [-0.05, 0) is 47.9 Å². The number of hydrogen-bond donors (Lipinski definition) is 1. The van der Waals surface area contributed by atoms with Gasteiger partial charge in [0.1, 0.15) is 11.3 Å². The molecule has 1 aliphatic rings. The lowest BCUT2D eigenvalue weighted by Crippen LogP contribution is -2.20. The lowest BCUT2D eigenvalue weighted by molar-refractivity contribution is 0.414. The largest absolute Gasteiger partial charge is 0.497 e. The van der Waals surface area contributed by atoms with E-state index in [9.17, 15) is 13.2 Å². The lowest BCUT2D eigenvalue weighted by Gasteiger charge is -2.20. The first-order valence-electron chi connectivity index (χ1n) is 8.36. The maximum Gasteiger partial charge on any atom is 0.336 e. The Morgan fingerprint density at radius 2 is 2.00 bits per heavy atom. The van der Waals surface area contributed by atoms with Crippen molar-refractivity contribution in [2.45, 2.75) is 17.9 Å². The summed E-state index contributed by atoms with van der Waals surface area (Å²) in [4.78, 5) is 14.2. The molecular weight excluding hydrogens is 368 g/mol. The topological polar surface area (TPSA) is 103 Å². The average Bonchev–Trinajstić information content (AvgIpc) is 3.02. The van der Waals surface area contributed by atoms with Crippen LogP contribution in [0, 0.1) is 0 Å². The predicted molar refractivity (Wildman–Crippen MR) is 102 cm³/mol. The van der Waals surface area contributed by atoms with Crippen LogP contribution < -0.4 is 20.4 Å². The Bertz CT molecular complexity index is 1200. The molecule has 2 N–H and O–H groups in total. The highest BCUT2D eigenvalue weighted by Gasteiger charge is 2.22. The van der Waals surface area contributed by atoms with Crippen molar-refractivity contribution in [3.8, 4) is 5.75 Å². The van der Waals surface area contributed by atoms with E-state index in [1.807, 2.05) is 12.1 Å². The highest BCUT2D eigenvalue weighted by molar-refractivity contribution is 7.89. The SMILES string of the molecule is COc1ccc2c(CN3CCc4cc(S(N)(=O)=O)ccc43)cc(=O)oc2c1. The van der Waals surface area contributed by atoms with Gasteiger partial charge in [0.25, 0.3) is 0 Å². The molecule has 8 heteroatoms. The maximum atomic E-state index is 12.0. The van der Waals surface area contributed by atoms with Gasteiger partial charge in [-0.3, -0.25) is 0 Å². The second-order valence-electron chi connectivity index (χ2n) is 6.46. The van der Waals surface area contributed by atoms with Gasteiger partial charge in [-0.2, -0.15) is 0 Å². The summed E-state index contributed by atoms with van der Waals surface area (Å²) >= 11 is 0. The number of sulfonamides is 1. The number of nitrogens with zero attached hydrogens (tertiary/aromatic N) is 1. The number of hydrogen-bond acceptors (Lipinski definition) is 6. The van der Waals surface area contributed by atoms with Crippen molar-refractivity contribution in [2.75, 3.05) is 18.6 Å². The summed E-state index contributed by atoms with van der Waals surface area (Å²) in [7, 11) is -2.17. The standard InChI is InChI=1S/C19H18N2O5S/c1-25-14-2-4-16-13(9-19(22)26-18(16)10-14)11-21-7-6-12-8-15(27(20,23)24)3-5-17(12)21/h2-5,8-10H,6-7,11H2,1H3,(H2,20,23,24). The van der Waals surface area contributed by atoms with Crippen LogP contribution >= 0.6 is 0 Å². The maximum absolute atomic E-state index is 12.0. The average molecular weight is 386 g/mol. The molecule has 0 spiro atoms. The summed E-state index contributed by atoms with van der Waals surface area (Å²) in [5.41, 5.74) is 2.76. The summed E-state index contributed by atoms with van der Waals surface area (Å²) in [6.45, 7) is 1.23. The highest BCUT2D eigenvalue weighted by Crippen LogP contribution is 2.32. The van der Waals surface area contributed by atoms with E-state index in [2.05, 4.69) is 4.90 Å². The molecule has 3 aromatic rings.